The molecule has 7 heteroatoms. The quantitative estimate of drug-likeness (QED) is 0.418. The molecule has 0 radical (unpaired) electrons. The van der Waals surface area contributed by atoms with Crippen LogP contribution in [0.1, 0.15) is 26.7 Å². The predicted molar refractivity (Wildman–Crippen MR) is 75.5 cm³/mol. The highest BCUT2D eigenvalue weighted by molar-refractivity contribution is 5.97. The summed E-state index contributed by atoms with van der Waals surface area (Å²) >= 11 is 0. The highest BCUT2D eigenvalue weighted by Gasteiger charge is 2.33. The first-order chi connectivity index (χ1) is 9.40. The fourth-order valence-electron chi connectivity index (χ4n) is 1.95. The molecule has 20 heavy (non-hydrogen) atoms. The number of nitrogens with one attached hydrogen (secondary N) is 1. The number of carbonyl (C=O) groups is 1. The summed E-state index contributed by atoms with van der Waals surface area (Å²) in [5.74, 6) is -0.567. The maximum atomic E-state index is 12.3. The fourth-order valence-corrected chi connectivity index (χ4v) is 1.95. The summed E-state index contributed by atoms with van der Waals surface area (Å²) in [6.07, 6.45) is 1.09. The Labute approximate surface area is 116 Å². The van der Waals surface area contributed by atoms with Crippen LogP contribution in [0.3, 0.4) is 0 Å². The molecular formula is C13H19N3O4. The van der Waals surface area contributed by atoms with E-state index in [-0.39, 0.29) is 29.6 Å². The lowest BCUT2D eigenvalue weighted by molar-refractivity contribution is -0.384. The maximum Gasteiger partial charge on any atom is 0.271 e. The monoisotopic (exact) mass is 281 g/mol. The highest BCUT2D eigenvalue weighted by atomic mass is 16.6. The van der Waals surface area contributed by atoms with Crippen molar-refractivity contribution >= 4 is 17.3 Å². The van der Waals surface area contributed by atoms with E-state index in [4.69, 9.17) is 5.73 Å². The number of nitro benzene ring substituents is 1. The van der Waals surface area contributed by atoms with Crippen LogP contribution in [0, 0.1) is 15.5 Å². The SMILES string of the molecule is CCC(CC)(CN)C(=O)Nc1cc([N+](=O)[O-])ccc1O. The van der Waals surface area contributed by atoms with E-state index >= 15 is 0 Å². The van der Waals surface area contributed by atoms with Crippen molar-refractivity contribution in [1.82, 2.24) is 0 Å². The topological polar surface area (TPSA) is 118 Å². The molecule has 0 saturated carbocycles. The molecule has 0 unspecified atom stereocenters. The molecule has 1 aromatic carbocycles. The molecule has 0 bridgehead atoms. The van der Waals surface area contributed by atoms with Gasteiger partial charge in [-0.3, -0.25) is 14.9 Å². The van der Waals surface area contributed by atoms with Gasteiger partial charge in [0.25, 0.3) is 5.69 Å². The Morgan fingerprint density at radius 3 is 2.50 bits per heavy atom. The van der Waals surface area contributed by atoms with Crippen LogP contribution in [0.5, 0.6) is 5.75 Å². The minimum absolute atomic E-state index is 0.0175. The first-order valence-electron chi connectivity index (χ1n) is 6.39. The number of nitro groups is 1. The Balaban J connectivity index is 3.06. The molecule has 1 aromatic rings. The zero-order chi connectivity index (χ0) is 15.3. The number of nitrogens with two attached hydrogens (primary N) is 1. The van der Waals surface area contributed by atoms with Gasteiger partial charge in [0.1, 0.15) is 5.75 Å². The molecule has 110 valence electrons. The van der Waals surface area contributed by atoms with Gasteiger partial charge in [0.15, 0.2) is 0 Å². The predicted octanol–water partition coefficient (Wildman–Crippen LogP) is 2.00. The zero-order valence-corrected chi connectivity index (χ0v) is 11.5. The lowest BCUT2D eigenvalue weighted by atomic mass is 9.81. The Morgan fingerprint density at radius 2 is 2.05 bits per heavy atom. The molecular weight excluding hydrogens is 262 g/mol. The third-order valence-electron chi connectivity index (χ3n) is 3.67. The Morgan fingerprint density at radius 1 is 1.45 bits per heavy atom. The summed E-state index contributed by atoms with van der Waals surface area (Å²) in [5.41, 5.74) is 4.74. The van der Waals surface area contributed by atoms with Gasteiger partial charge in [0.05, 0.1) is 16.0 Å². The third kappa shape index (κ3) is 3.05. The van der Waals surface area contributed by atoms with E-state index in [2.05, 4.69) is 5.32 Å². The van der Waals surface area contributed by atoms with Gasteiger partial charge in [-0.2, -0.15) is 0 Å². The molecule has 0 aromatic heterocycles. The summed E-state index contributed by atoms with van der Waals surface area (Å²) in [6, 6.07) is 3.47. The number of phenols is 1. The molecule has 0 aliphatic carbocycles. The number of benzene rings is 1. The van der Waals surface area contributed by atoms with Crippen LogP contribution in [-0.2, 0) is 4.79 Å². The van der Waals surface area contributed by atoms with Crippen molar-refractivity contribution in [3.8, 4) is 5.75 Å². The van der Waals surface area contributed by atoms with E-state index in [0.717, 1.165) is 6.07 Å². The number of aromatic hydroxyl groups is 1. The van der Waals surface area contributed by atoms with Gasteiger partial charge < -0.3 is 16.2 Å². The summed E-state index contributed by atoms with van der Waals surface area (Å²) in [7, 11) is 0. The Hall–Kier alpha value is -2.15. The summed E-state index contributed by atoms with van der Waals surface area (Å²) < 4.78 is 0. The first kappa shape index (κ1) is 15.9. The van der Waals surface area contributed by atoms with Crippen molar-refractivity contribution < 1.29 is 14.8 Å². The summed E-state index contributed by atoms with van der Waals surface area (Å²) in [6.45, 7) is 3.87. The van der Waals surface area contributed by atoms with Crippen molar-refractivity contribution in [2.24, 2.45) is 11.1 Å². The maximum absolute atomic E-state index is 12.3. The standard InChI is InChI=1S/C13H19N3O4/c1-3-13(4-2,8-14)12(18)15-10-7-9(16(19)20)5-6-11(10)17/h5-7,17H,3-4,8,14H2,1-2H3,(H,15,18). The molecule has 0 heterocycles. The highest BCUT2D eigenvalue weighted by Crippen LogP contribution is 2.31. The molecule has 1 rings (SSSR count). The molecule has 1 amide bonds. The molecule has 0 spiro atoms. The number of non-ortho nitro benzene ring substituents is 1. The van der Waals surface area contributed by atoms with Crippen LogP contribution in [0.15, 0.2) is 18.2 Å². The second kappa shape index (κ2) is 6.33. The minimum atomic E-state index is -0.739. The Kier molecular flexibility index (Phi) is 5.04. The van der Waals surface area contributed by atoms with Crippen LogP contribution < -0.4 is 11.1 Å². The van der Waals surface area contributed by atoms with Crippen molar-refractivity contribution in [3.63, 3.8) is 0 Å². The van der Waals surface area contributed by atoms with Crippen molar-refractivity contribution in [1.29, 1.82) is 0 Å². The van der Waals surface area contributed by atoms with Crippen molar-refractivity contribution in [3.05, 3.63) is 28.3 Å². The van der Waals surface area contributed by atoms with E-state index < -0.39 is 10.3 Å². The average molecular weight is 281 g/mol. The van der Waals surface area contributed by atoms with E-state index in [1.165, 1.54) is 12.1 Å². The first-order valence-corrected chi connectivity index (χ1v) is 6.39. The van der Waals surface area contributed by atoms with Crippen molar-refractivity contribution in [2.45, 2.75) is 26.7 Å². The van der Waals surface area contributed by atoms with Gasteiger partial charge >= 0.3 is 0 Å². The molecule has 0 aliphatic heterocycles. The summed E-state index contributed by atoms with van der Waals surface area (Å²) in [4.78, 5) is 22.4. The molecule has 0 atom stereocenters. The number of amides is 1. The second-order valence-corrected chi connectivity index (χ2v) is 4.60. The van der Waals surface area contributed by atoms with Crippen molar-refractivity contribution in [2.75, 3.05) is 11.9 Å². The van der Waals surface area contributed by atoms with Crippen LogP contribution >= 0.6 is 0 Å². The Bertz CT molecular complexity index is 504. The van der Waals surface area contributed by atoms with Gasteiger partial charge in [-0.05, 0) is 18.9 Å². The van der Waals surface area contributed by atoms with Crippen LogP contribution in [0.25, 0.3) is 0 Å². The van der Waals surface area contributed by atoms with Gasteiger partial charge in [0, 0.05) is 18.7 Å². The van der Waals surface area contributed by atoms with Gasteiger partial charge in [0.2, 0.25) is 5.91 Å². The molecule has 4 N–H and O–H groups in total. The third-order valence-corrected chi connectivity index (χ3v) is 3.67. The van der Waals surface area contributed by atoms with E-state index in [1.807, 2.05) is 13.8 Å². The van der Waals surface area contributed by atoms with E-state index in [0.29, 0.717) is 12.8 Å². The number of anilines is 1. The van der Waals surface area contributed by atoms with Crippen LogP contribution in [0.2, 0.25) is 0 Å². The number of hydrogen-bond acceptors (Lipinski definition) is 5. The fraction of sp³-hybridized carbons (Fsp3) is 0.462. The van der Waals surface area contributed by atoms with Gasteiger partial charge in [-0.25, -0.2) is 0 Å². The van der Waals surface area contributed by atoms with E-state index in [9.17, 15) is 20.0 Å². The number of rotatable bonds is 6. The normalized spacial score (nSPS) is 11.2. The largest absolute Gasteiger partial charge is 0.506 e. The lowest BCUT2D eigenvalue weighted by Gasteiger charge is -2.28. The average Bonchev–Trinajstić information content (AvgIpc) is 2.43. The minimum Gasteiger partial charge on any atom is -0.506 e. The molecule has 7 nitrogen and oxygen atoms in total. The second-order valence-electron chi connectivity index (χ2n) is 4.60. The van der Waals surface area contributed by atoms with Crippen LogP contribution in [-0.4, -0.2) is 22.5 Å². The number of hydrogen-bond donors (Lipinski definition) is 3. The molecule has 0 fully saturated rings. The molecule has 0 aliphatic rings. The molecule has 0 saturated heterocycles. The van der Waals surface area contributed by atoms with Gasteiger partial charge in [-0.1, -0.05) is 13.8 Å². The smallest absolute Gasteiger partial charge is 0.271 e. The van der Waals surface area contributed by atoms with Gasteiger partial charge in [-0.15, -0.1) is 0 Å². The van der Waals surface area contributed by atoms with E-state index in [1.54, 1.807) is 0 Å². The lowest BCUT2D eigenvalue weighted by Crippen LogP contribution is -2.41. The number of phenolic OH excluding ortho intramolecular Hbond substituents is 1. The number of carbonyl (C=O) groups excluding carboxylic acids is 1. The number of nitrogens with zero attached hydrogens (tertiary/aromatic N) is 1. The zero-order valence-electron chi connectivity index (χ0n) is 11.5. The summed E-state index contributed by atoms with van der Waals surface area (Å²) in [5, 5.41) is 22.9. The van der Waals surface area contributed by atoms with Crippen LogP contribution in [0.4, 0.5) is 11.4 Å².